The Morgan fingerprint density at radius 3 is 2.71 bits per heavy atom. The predicted molar refractivity (Wildman–Crippen MR) is 58.8 cm³/mol. The molecule has 1 saturated carbocycles. The minimum absolute atomic E-state index is 0.223. The number of carbonyl (C=O) groups is 2. The molecule has 0 spiro atoms. The minimum atomic E-state index is -0.909. The van der Waals surface area contributed by atoms with Crippen molar-refractivity contribution < 1.29 is 14.7 Å². The van der Waals surface area contributed by atoms with Crippen LogP contribution in [0.4, 0.5) is 0 Å². The molecule has 0 unspecified atom stereocenters. The van der Waals surface area contributed by atoms with E-state index in [0.29, 0.717) is 12.4 Å². The molecule has 1 aromatic heterocycles. The largest absolute Gasteiger partial charge is 0.481 e. The molecule has 1 aliphatic carbocycles. The number of carboxylic acids is 1. The van der Waals surface area contributed by atoms with Gasteiger partial charge in [0, 0.05) is 12.4 Å². The first-order chi connectivity index (χ1) is 7.94. The fraction of sp³-hybridized carbons (Fsp3) is 0.545. The third-order valence-corrected chi connectivity index (χ3v) is 3.36. The highest BCUT2D eigenvalue weighted by molar-refractivity contribution is 5.91. The molecule has 1 aliphatic rings. The van der Waals surface area contributed by atoms with Crippen LogP contribution < -0.4 is 5.32 Å². The lowest BCUT2D eigenvalue weighted by atomic mass is 10.1. The van der Waals surface area contributed by atoms with Crippen LogP contribution in [0.25, 0.3) is 0 Å². The van der Waals surface area contributed by atoms with E-state index in [-0.39, 0.29) is 5.91 Å². The van der Waals surface area contributed by atoms with Gasteiger partial charge in [-0.2, -0.15) is 0 Å². The molecule has 1 heterocycles. The van der Waals surface area contributed by atoms with Crippen LogP contribution in [-0.4, -0.2) is 27.0 Å². The Kier molecular flexibility index (Phi) is 2.65. The van der Waals surface area contributed by atoms with E-state index in [1.165, 1.54) is 0 Å². The number of H-pyrrole nitrogens is 1. The minimum Gasteiger partial charge on any atom is -0.481 e. The van der Waals surface area contributed by atoms with Gasteiger partial charge in [0.15, 0.2) is 0 Å². The van der Waals surface area contributed by atoms with Gasteiger partial charge in [-0.25, -0.2) is 4.98 Å². The second-order valence-electron chi connectivity index (χ2n) is 4.87. The molecule has 0 aliphatic heterocycles. The Balaban J connectivity index is 1.92. The van der Waals surface area contributed by atoms with Crippen LogP contribution in [0.1, 0.15) is 19.7 Å². The predicted octanol–water partition coefficient (Wildman–Crippen LogP) is 0.383. The van der Waals surface area contributed by atoms with Gasteiger partial charge < -0.3 is 15.4 Å². The number of nitrogens with one attached hydrogen (secondary N) is 2. The molecule has 1 aromatic rings. The third kappa shape index (κ3) is 2.02. The number of carboxylic acid groups (broad SMARTS) is 1. The first-order valence-electron chi connectivity index (χ1n) is 5.43. The van der Waals surface area contributed by atoms with Gasteiger partial charge in [-0.1, -0.05) is 13.8 Å². The molecule has 0 bridgehead atoms. The molecule has 6 heteroatoms. The fourth-order valence-electron chi connectivity index (χ4n) is 2.26. The Morgan fingerprint density at radius 2 is 2.24 bits per heavy atom. The number of amides is 1. The molecule has 0 saturated heterocycles. The second-order valence-corrected chi connectivity index (χ2v) is 4.87. The van der Waals surface area contributed by atoms with Crippen molar-refractivity contribution in [3.63, 3.8) is 0 Å². The number of aromatic amines is 1. The van der Waals surface area contributed by atoms with Crippen molar-refractivity contribution >= 4 is 11.9 Å². The van der Waals surface area contributed by atoms with E-state index < -0.39 is 23.2 Å². The third-order valence-electron chi connectivity index (χ3n) is 3.36. The quantitative estimate of drug-likeness (QED) is 0.705. The lowest BCUT2D eigenvalue weighted by molar-refractivity contribution is -0.140. The maximum Gasteiger partial charge on any atom is 0.307 e. The van der Waals surface area contributed by atoms with E-state index in [4.69, 9.17) is 5.11 Å². The highest BCUT2D eigenvalue weighted by Crippen LogP contribution is 2.58. The molecular weight excluding hydrogens is 222 g/mol. The summed E-state index contributed by atoms with van der Waals surface area (Å²) in [6.45, 7) is 3.89. The summed E-state index contributed by atoms with van der Waals surface area (Å²) >= 11 is 0. The van der Waals surface area contributed by atoms with Gasteiger partial charge in [0.2, 0.25) is 5.91 Å². The SMILES string of the molecule is CC1(C)[C@H](C(=O)O)[C@@H]1C(=O)NCc1ncc[nH]1. The summed E-state index contributed by atoms with van der Waals surface area (Å²) in [6, 6.07) is 0. The number of imidazole rings is 1. The topological polar surface area (TPSA) is 95.1 Å². The molecule has 2 atom stereocenters. The van der Waals surface area contributed by atoms with Crippen molar-refractivity contribution in [3.8, 4) is 0 Å². The zero-order chi connectivity index (χ0) is 12.6. The Hall–Kier alpha value is -1.85. The van der Waals surface area contributed by atoms with Gasteiger partial charge >= 0.3 is 5.97 Å². The maximum atomic E-state index is 11.8. The van der Waals surface area contributed by atoms with Crippen LogP contribution in [0, 0.1) is 17.3 Å². The van der Waals surface area contributed by atoms with Crippen molar-refractivity contribution in [2.75, 3.05) is 0 Å². The standard InChI is InChI=1S/C11H15N3O3/c1-11(2)7(8(11)10(16)17)9(15)14-5-6-12-3-4-13-6/h3-4,7-8H,5H2,1-2H3,(H,12,13)(H,14,15)(H,16,17)/t7-,8+/m1/s1. The molecule has 1 fully saturated rings. The summed E-state index contributed by atoms with van der Waals surface area (Å²) in [5.41, 5.74) is -0.459. The number of hydrogen-bond acceptors (Lipinski definition) is 3. The summed E-state index contributed by atoms with van der Waals surface area (Å²) < 4.78 is 0. The van der Waals surface area contributed by atoms with E-state index >= 15 is 0 Å². The van der Waals surface area contributed by atoms with E-state index in [9.17, 15) is 9.59 Å². The van der Waals surface area contributed by atoms with Gasteiger partial charge in [-0.05, 0) is 5.41 Å². The highest BCUT2D eigenvalue weighted by Gasteiger charge is 2.65. The number of carbonyl (C=O) groups excluding carboxylic acids is 1. The Labute approximate surface area is 98.4 Å². The van der Waals surface area contributed by atoms with Gasteiger partial charge in [0.1, 0.15) is 5.82 Å². The summed E-state index contributed by atoms with van der Waals surface area (Å²) in [4.78, 5) is 29.6. The Bertz CT molecular complexity index is 439. The first kappa shape index (κ1) is 11.6. The van der Waals surface area contributed by atoms with Crippen LogP contribution in [0.2, 0.25) is 0 Å². The number of aliphatic carboxylic acids is 1. The normalized spacial score (nSPS) is 25.3. The molecule has 2 rings (SSSR count). The van der Waals surface area contributed by atoms with E-state index in [1.807, 2.05) is 0 Å². The number of rotatable bonds is 4. The fourth-order valence-corrected chi connectivity index (χ4v) is 2.26. The van der Waals surface area contributed by atoms with Crippen molar-refractivity contribution in [1.82, 2.24) is 15.3 Å². The van der Waals surface area contributed by atoms with Crippen LogP contribution in [0.15, 0.2) is 12.4 Å². The lowest BCUT2D eigenvalue weighted by Crippen LogP contribution is -2.27. The van der Waals surface area contributed by atoms with E-state index in [0.717, 1.165) is 0 Å². The van der Waals surface area contributed by atoms with Crippen molar-refractivity contribution in [1.29, 1.82) is 0 Å². The summed E-state index contributed by atoms with van der Waals surface area (Å²) in [6.07, 6.45) is 3.27. The molecule has 3 N–H and O–H groups in total. The molecule has 6 nitrogen and oxygen atoms in total. The van der Waals surface area contributed by atoms with Crippen molar-refractivity contribution in [3.05, 3.63) is 18.2 Å². The smallest absolute Gasteiger partial charge is 0.307 e. The van der Waals surface area contributed by atoms with Gasteiger partial charge in [0.05, 0.1) is 18.4 Å². The molecule has 0 radical (unpaired) electrons. The van der Waals surface area contributed by atoms with E-state index in [2.05, 4.69) is 15.3 Å². The lowest BCUT2D eigenvalue weighted by Gasteiger charge is -2.03. The zero-order valence-electron chi connectivity index (χ0n) is 9.73. The van der Waals surface area contributed by atoms with Crippen LogP contribution in [0.3, 0.4) is 0 Å². The van der Waals surface area contributed by atoms with E-state index in [1.54, 1.807) is 26.2 Å². The zero-order valence-corrected chi connectivity index (χ0v) is 9.73. The van der Waals surface area contributed by atoms with Crippen LogP contribution >= 0.6 is 0 Å². The Morgan fingerprint density at radius 1 is 1.53 bits per heavy atom. The number of nitrogens with zero attached hydrogens (tertiary/aromatic N) is 1. The van der Waals surface area contributed by atoms with Gasteiger partial charge in [-0.15, -0.1) is 0 Å². The van der Waals surface area contributed by atoms with Gasteiger partial charge in [-0.3, -0.25) is 9.59 Å². The first-order valence-corrected chi connectivity index (χ1v) is 5.43. The van der Waals surface area contributed by atoms with Crippen LogP contribution in [-0.2, 0) is 16.1 Å². The number of aromatic nitrogens is 2. The molecular formula is C11H15N3O3. The molecule has 0 aromatic carbocycles. The average molecular weight is 237 g/mol. The molecule has 17 heavy (non-hydrogen) atoms. The van der Waals surface area contributed by atoms with Crippen LogP contribution in [0.5, 0.6) is 0 Å². The summed E-state index contributed by atoms with van der Waals surface area (Å²) in [7, 11) is 0. The average Bonchev–Trinajstić information content (AvgIpc) is 2.65. The second kappa shape index (κ2) is 3.87. The van der Waals surface area contributed by atoms with Crippen molar-refractivity contribution in [2.24, 2.45) is 17.3 Å². The molecule has 92 valence electrons. The summed E-state index contributed by atoms with van der Waals surface area (Å²) in [5, 5.41) is 11.7. The maximum absolute atomic E-state index is 11.8. The monoisotopic (exact) mass is 237 g/mol. The summed E-state index contributed by atoms with van der Waals surface area (Å²) in [5.74, 6) is -1.51. The number of hydrogen-bond donors (Lipinski definition) is 3. The highest BCUT2D eigenvalue weighted by atomic mass is 16.4. The van der Waals surface area contributed by atoms with Crippen molar-refractivity contribution in [2.45, 2.75) is 20.4 Å². The molecule has 1 amide bonds. The van der Waals surface area contributed by atoms with Gasteiger partial charge in [0.25, 0.3) is 0 Å².